The molecule has 0 spiro atoms. The Bertz CT molecular complexity index is 994. The molecule has 3 rings (SSSR count). The Kier molecular flexibility index (Phi) is 7.98. The maximum atomic E-state index is 11.4. The zero-order valence-corrected chi connectivity index (χ0v) is 18.7. The first-order chi connectivity index (χ1) is 14.9. The average Bonchev–Trinajstić information content (AvgIpc) is 2.73. The number of benzene rings is 2. The molecule has 2 aromatic rings. The van der Waals surface area contributed by atoms with Crippen LogP contribution in [0.3, 0.4) is 0 Å². The topological polar surface area (TPSA) is 130 Å². The second kappa shape index (κ2) is 10.3. The third-order valence-electron chi connectivity index (χ3n) is 5.09. The van der Waals surface area contributed by atoms with Crippen LogP contribution in [0.5, 0.6) is 0 Å². The number of halogens is 1. The molecule has 1 N–H and O–H groups in total. The number of nitrogens with zero attached hydrogens (tertiary/aromatic N) is 4. The highest BCUT2D eigenvalue weighted by Crippen LogP contribution is 2.33. The zero-order chi connectivity index (χ0) is 24.1. The van der Waals surface area contributed by atoms with Crippen LogP contribution in [0.25, 0.3) is 0 Å². The van der Waals surface area contributed by atoms with Crippen LogP contribution in [0.4, 0.5) is 21.9 Å². The summed E-state index contributed by atoms with van der Waals surface area (Å²) in [6.07, 6.45) is -0.942. The predicted molar refractivity (Wildman–Crippen MR) is 121 cm³/mol. The van der Waals surface area contributed by atoms with E-state index >= 15 is 0 Å². The summed E-state index contributed by atoms with van der Waals surface area (Å²) in [4.78, 5) is 35.2. The van der Waals surface area contributed by atoms with E-state index in [9.17, 15) is 30.1 Å². The van der Waals surface area contributed by atoms with Gasteiger partial charge in [-0.3, -0.25) is 20.2 Å². The minimum atomic E-state index is -0.942. The highest BCUT2D eigenvalue weighted by atomic mass is 35.5. The second-order valence-electron chi connectivity index (χ2n) is 8.26. The fourth-order valence-corrected chi connectivity index (χ4v) is 3.66. The van der Waals surface area contributed by atoms with Crippen molar-refractivity contribution >= 4 is 34.8 Å². The number of anilines is 1. The first kappa shape index (κ1) is 24.9. The molecule has 1 saturated heterocycles. The van der Waals surface area contributed by atoms with Crippen molar-refractivity contribution in [3.63, 3.8) is 0 Å². The van der Waals surface area contributed by atoms with Gasteiger partial charge in [-0.25, -0.2) is 4.79 Å². The third kappa shape index (κ3) is 6.07. The van der Waals surface area contributed by atoms with E-state index in [4.69, 9.17) is 11.6 Å². The van der Waals surface area contributed by atoms with Crippen LogP contribution >= 0.6 is 11.6 Å². The Morgan fingerprint density at radius 2 is 1.53 bits per heavy atom. The van der Waals surface area contributed by atoms with E-state index in [1.54, 1.807) is 30.3 Å². The molecule has 1 unspecified atom stereocenters. The van der Waals surface area contributed by atoms with E-state index in [2.05, 4.69) is 0 Å². The summed E-state index contributed by atoms with van der Waals surface area (Å²) in [6.45, 7) is 7.18. The quantitative estimate of drug-likeness (QED) is 0.496. The summed E-state index contributed by atoms with van der Waals surface area (Å²) >= 11 is 5.48. The van der Waals surface area contributed by atoms with Crippen molar-refractivity contribution in [2.45, 2.75) is 26.8 Å². The van der Waals surface area contributed by atoms with Crippen LogP contribution < -0.4 is 4.90 Å². The molecular weight excluding hydrogens is 440 g/mol. The Hall–Kier alpha value is -3.40. The fraction of sp³-hybridized carbons (Fsp3) is 0.381. The van der Waals surface area contributed by atoms with Crippen molar-refractivity contribution in [3.05, 3.63) is 73.8 Å². The van der Waals surface area contributed by atoms with Crippen molar-refractivity contribution in [3.8, 4) is 0 Å². The largest absolute Gasteiger partial charge is 0.465 e. The van der Waals surface area contributed by atoms with Crippen LogP contribution in [0, 0.1) is 25.6 Å². The van der Waals surface area contributed by atoms with Crippen LogP contribution in [0.15, 0.2) is 48.5 Å². The maximum Gasteiger partial charge on any atom is 0.407 e. The van der Waals surface area contributed by atoms with Gasteiger partial charge in [0, 0.05) is 31.8 Å². The van der Waals surface area contributed by atoms with Gasteiger partial charge in [-0.1, -0.05) is 56.6 Å². The normalized spacial score (nSPS) is 16.1. The van der Waals surface area contributed by atoms with Crippen molar-refractivity contribution in [1.29, 1.82) is 0 Å². The number of hydrogen-bond acceptors (Lipinski definition) is 6. The number of carbonyl (C=O) groups is 1. The van der Waals surface area contributed by atoms with Crippen molar-refractivity contribution < 1.29 is 19.7 Å². The summed E-state index contributed by atoms with van der Waals surface area (Å²) in [6, 6.07) is 12.4. The maximum absolute atomic E-state index is 11.4. The lowest BCUT2D eigenvalue weighted by Gasteiger charge is -2.46. The molecule has 32 heavy (non-hydrogen) atoms. The van der Waals surface area contributed by atoms with Gasteiger partial charge in [-0.2, -0.15) is 0 Å². The summed E-state index contributed by atoms with van der Waals surface area (Å²) in [7, 11) is 0. The van der Waals surface area contributed by atoms with Gasteiger partial charge in [0.05, 0.1) is 15.9 Å². The predicted octanol–water partition coefficient (Wildman–Crippen LogP) is 5.06. The van der Waals surface area contributed by atoms with E-state index < -0.39 is 15.9 Å². The fourth-order valence-electron chi connectivity index (χ4n) is 3.46. The van der Waals surface area contributed by atoms with Gasteiger partial charge in [-0.15, -0.1) is 0 Å². The van der Waals surface area contributed by atoms with E-state index in [1.807, 2.05) is 25.7 Å². The Labute approximate surface area is 190 Å². The summed E-state index contributed by atoms with van der Waals surface area (Å²) in [5.41, 5.74) is 0.301. The lowest BCUT2D eigenvalue weighted by molar-refractivity contribution is -0.384. The lowest BCUT2D eigenvalue weighted by atomic mass is 9.84. The minimum Gasteiger partial charge on any atom is -0.465 e. The number of hydrogen-bond donors (Lipinski definition) is 1. The summed E-state index contributed by atoms with van der Waals surface area (Å²) in [5, 5.41) is 30.9. The van der Waals surface area contributed by atoms with Gasteiger partial charge < -0.3 is 14.9 Å². The number of nitro benzene ring substituents is 2. The number of para-hydroxylation sites is 3. The smallest absolute Gasteiger partial charge is 0.407 e. The van der Waals surface area contributed by atoms with Crippen molar-refractivity contribution in [2.75, 3.05) is 24.5 Å². The van der Waals surface area contributed by atoms with E-state index in [0.717, 1.165) is 0 Å². The lowest BCUT2D eigenvalue weighted by Crippen LogP contribution is -2.59. The van der Waals surface area contributed by atoms with Crippen LogP contribution in [-0.2, 0) is 0 Å². The van der Waals surface area contributed by atoms with Gasteiger partial charge in [0.1, 0.15) is 10.7 Å². The van der Waals surface area contributed by atoms with Gasteiger partial charge in [0.25, 0.3) is 11.4 Å². The number of rotatable bonds is 3. The number of piperazine rings is 1. The highest BCUT2D eigenvalue weighted by molar-refractivity contribution is 6.32. The molecular formula is C21H25ClN4O6. The van der Waals surface area contributed by atoms with Gasteiger partial charge >= 0.3 is 6.09 Å². The number of amides is 1. The molecule has 0 radical (unpaired) electrons. The third-order valence-corrected chi connectivity index (χ3v) is 5.41. The molecule has 0 bridgehead atoms. The molecule has 1 fully saturated rings. The Morgan fingerprint density at radius 3 is 2.00 bits per heavy atom. The first-order valence-electron chi connectivity index (χ1n) is 9.80. The molecule has 2 aromatic carbocycles. The van der Waals surface area contributed by atoms with Crippen LogP contribution in [-0.4, -0.2) is 51.6 Å². The molecule has 11 heteroatoms. The van der Waals surface area contributed by atoms with Gasteiger partial charge in [0.15, 0.2) is 0 Å². The monoisotopic (exact) mass is 464 g/mol. The molecule has 1 aliphatic rings. The standard InChI is InChI=1S/C15H21N3O4.C6H4ClNO2/c1-15(2,3)13-10-16(8-9-17(13)14(19)20)11-6-4-5-7-12(11)18(21)22;7-5-3-1-2-4-6(5)8(9)10/h4-7,13H,8-10H2,1-3H3,(H,19,20);1-4H. The van der Waals surface area contributed by atoms with E-state index in [0.29, 0.717) is 25.3 Å². The average molecular weight is 465 g/mol. The molecule has 0 aromatic heterocycles. The van der Waals surface area contributed by atoms with Crippen LogP contribution in [0.1, 0.15) is 20.8 Å². The molecule has 0 aliphatic carbocycles. The molecule has 1 aliphatic heterocycles. The summed E-state index contributed by atoms with van der Waals surface area (Å²) < 4.78 is 0. The number of carboxylic acid groups (broad SMARTS) is 1. The molecule has 1 atom stereocenters. The van der Waals surface area contributed by atoms with Crippen LogP contribution in [0.2, 0.25) is 5.02 Å². The molecule has 1 amide bonds. The van der Waals surface area contributed by atoms with Gasteiger partial charge in [0.2, 0.25) is 0 Å². The Balaban J connectivity index is 0.000000303. The molecule has 1 heterocycles. The van der Waals surface area contributed by atoms with Gasteiger partial charge in [-0.05, 0) is 17.5 Å². The SMILES string of the molecule is CC(C)(C)C1CN(c2ccccc2[N+](=O)[O-])CCN1C(=O)O.O=[N+]([O-])c1ccccc1Cl. The number of nitro groups is 2. The van der Waals surface area contributed by atoms with E-state index in [1.165, 1.54) is 23.1 Å². The molecule has 10 nitrogen and oxygen atoms in total. The summed E-state index contributed by atoms with van der Waals surface area (Å²) in [5.74, 6) is 0. The first-order valence-corrected chi connectivity index (χ1v) is 10.2. The zero-order valence-electron chi connectivity index (χ0n) is 18.0. The van der Waals surface area contributed by atoms with Crippen molar-refractivity contribution in [2.24, 2.45) is 5.41 Å². The highest BCUT2D eigenvalue weighted by Gasteiger charge is 2.39. The van der Waals surface area contributed by atoms with E-state index in [-0.39, 0.29) is 27.9 Å². The molecule has 172 valence electrons. The minimum absolute atomic E-state index is 0.0517. The Morgan fingerprint density at radius 1 is 1.00 bits per heavy atom. The second-order valence-corrected chi connectivity index (χ2v) is 8.67. The molecule has 0 saturated carbocycles. The van der Waals surface area contributed by atoms with Crippen molar-refractivity contribution in [1.82, 2.24) is 4.90 Å².